The number of hydrogen-bond acceptors (Lipinski definition) is 3. The SMILES string of the molecule is CCCCCN(C)CCCC(=O)OC. The van der Waals surface area contributed by atoms with Crippen molar-refractivity contribution in [1.82, 2.24) is 4.90 Å². The van der Waals surface area contributed by atoms with Gasteiger partial charge in [-0.3, -0.25) is 4.79 Å². The van der Waals surface area contributed by atoms with Crippen LogP contribution in [0.15, 0.2) is 0 Å². The van der Waals surface area contributed by atoms with Crippen molar-refractivity contribution >= 4 is 5.97 Å². The highest BCUT2D eigenvalue weighted by atomic mass is 16.5. The zero-order chi connectivity index (χ0) is 10.8. The van der Waals surface area contributed by atoms with E-state index in [1.807, 2.05) is 0 Å². The van der Waals surface area contributed by atoms with Crippen LogP contribution in [0.25, 0.3) is 0 Å². The minimum absolute atomic E-state index is 0.105. The highest BCUT2D eigenvalue weighted by Gasteiger charge is 2.02. The topological polar surface area (TPSA) is 29.5 Å². The van der Waals surface area contributed by atoms with Gasteiger partial charge in [-0.25, -0.2) is 0 Å². The summed E-state index contributed by atoms with van der Waals surface area (Å²) in [5.41, 5.74) is 0. The number of rotatable bonds is 8. The third kappa shape index (κ3) is 8.05. The van der Waals surface area contributed by atoms with Crippen LogP contribution in [0.4, 0.5) is 0 Å². The van der Waals surface area contributed by atoms with Gasteiger partial charge in [0.05, 0.1) is 7.11 Å². The molecule has 0 amide bonds. The van der Waals surface area contributed by atoms with Crippen LogP contribution in [0.1, 0.15) is 39.0 Å². The van der Waals surface area contributed by atoms with Crippen LogP contribution in [-0.2, 0) is 9.53 Å². The minimum atomic E-state index is -0.105. The van der Waals surface area contributed by atoms with E-state index in [0.29, 0.717) is 6.42 Å². The summed E-state index contributed by atoms with van der Waals surface area (Å²) >= 11 is 0. The Bertz CT molecular complexity index is 148. The lowest BCUT2D eigenvalue weighted by molar-refractivity contribution is -0.140. The van der Waals surface area contributed by atoms with Crippen molar-refractivity contribution in [3.8, 4) is 0 Å². The molecule has 0 aliphatic heterocycles. The number of esters is 1. The van der Waals surface area contributed by atoms with Crippen LogP contribution >= 0.6 is 0 Å². The summed E-state index contributed by atoms with van der Waals surface area (Å²) in [6.07, 6.45) is 5.24. The molecule has 0 saturated carbocycles. The van der Waals surface area contributed by atoms with Crippen LogP contribution in [-0.4, -0.2) is 38.1 Å². The zero-order valence-corrected chi connectivity index (χ0v) is 9.71. The second kappa shape index (κ2) is 9.00. The van der Waals surface area contributed by atoms with Gasteiger partial charge in [0.25, 0.3) is 0 Å². The van der Waals surface area contributed by atoms with Gasteiger partial charge in [0.2, 0.25) is 0 Å². The van der Waals surface area contributed by atoms with Crippen LogP contribution in [0.2, 0.25) is 0 Å². The summed E-state index contributed by atoms with van der Waals surface area (Å²) in [4.78, 5) is 13.1. The molecule has 0 radical (unpaired) electrons. The highest BCUT2D eigenvalue weighted by Crippen LogP contribution is 1.99. The van der Waals surface area contributed by atoms with Crippen LogP contribution in [0.5, 0.6) is 0 Å². The molecule has 14 heavy (non-hydrogen) atoms. The van der Waals surface area contributed by atoms with Gasteiger partial charge < -0.3 is 9.64 Å². The first kappa shape index (κ1) is 13.4. The van der Waals surface area contributed by atoms with Gasteiger partial charge in [0.15, 0.2) is 0 Å². The standard InChI is InChI=1S/C11H23NO2/c1-4-5-6-9-12(2)10-7-8-11(13)14-3/h4-10H2,1-3H3. The van der Waals surface area contributed by atoms with Crippen molar-refractivity contribution in [2.75, 3.05) is 27.2 Å². The summed E-state index contributed by atoms with van der Waals surface area (Å²) in [6.45, 7) is 4.32. The zero-order valence-electron chi connectivity index (χ0n) is 9.71. The largest absolute Gasteiger partial charge is 0.469 e. The molecular formula is C11H23NO2. The lowest BCUT2D eigenvalue weighted by atomic mass is 10.2. The molecule has 0 N–H and O–H groups in total. The lowest BCUT2D eigenvalue weighted by Gasteiger charge is -2.15. The van der Waals surface area contributed by atoms with Crippen molar-refractivity contribution in [2.45, 2.75) is 39.0 Å². The van der Waals surface area contributed by atoms with E-state index in [-0.39, 0.29) is 5.97 Å². The molecule has 0 spiro atoms. The molecule has 3 heteroatoms. The maximum absolute atomic E-state index is 10.8. The Balaban J connectivity index is 3.26. The normalized spacial score (nSPS) is 10.6. The van der Waals surface area contributed by atoms with E-state index in [4.69, 9.17) is 0 Å². The van der Waals surface area contributed by atoms with Crippen molar-refractivity contribution in [3.63, 3.8) is 0 Å². The molecule has 0 aromatic carbocycles. The molecule has 0 atom stereocenters. The van der Waals surface area contributed by atoms with Gasteiger partial charge in [-0.2, -0.15) is 0 Å². The number of hydrogen-bond donors (Lipinski definition) is 0. The number of methoxy groups -OCH3 is 1. The highest BCUT2D eigenvalue weighted by molar-refractivity contribution is 5.68. The lowest BCUT2D eigenvalue weighted by Crippen LogP contribution is -2.21. The van der Waals surface area contributed by atoms with E-state index < -0.39 is 0 Å². The van der Waals surface area contributed by atoms with Gasteiger partial charge in [0.1, 0.15) is 0 Å². The van der Waals surface area contributed by atoms with Crippen LogP contribution in [0.3, 0.4) is 0 Å². The van der Waals surface area contributed by atoms with Crippen molar-refractivity contribution in [2.24, 2.45) is 0 Å². The van der Waals surface area contributed by atoms with E-state index in [1.54, 1.807) is 0 Å². The van der Waals surface area contributed by atoms with Crippen molar-refractivity contribution in [3.05, 3.63) is 0 Å². The Kier molecular flexibility index (Phi) is 8.64. The average Bonchev–Trinajstić information content (AvgIpc) is 2.18. The molecule has 0 heterocycles. The summed E-state index contributed by atoms with van der Waals surface area (Å²) < 4.78 is 4.57. The van der Waals surface area contributed by atoms with E-state index in [0.717, 1.165) is 19.5 Å². The number of ether oxygens (including phenoxy) is 1. The molecule has 0 aromatic rings. The fraction of sp³-hybridized carbons (Fsp3) is 0.909. The van der Waals surface area contributed by atoms with E-state index in [1.165, 1.54) is 26.4 Å². The molecule has 0 saturated heterocycles. The van der Waals surface area contributed by atoms with Gasteiger partial charge in [0, 0.05) is 6.42 Å². The van der Waals surface area contributed by atoms with E-state index in [2.05, 4.69) is 23.6 Å². The van der Waals surface area contributed by atoms with Gasteiger partial charge in [-0.05, 0) is 33.0 Å². The summed E-state index contributed by atoms with van der Waals surface area (Å²) in [5.74, 6) is -0.105. The first-order valence-electron chi connectivity index (χ1n) is 5.46. The second-order valence-electron chi connectivity index (χ2n) is 3.69. The van der Waals surface area contributed by atoms with Gasteiger partial charge >= 0.3 is 5.97 Å². The van der Waals surface area contributed by atoms with Gasteiger partial charge in [-0.1, -0.05) is 19.8 Å². The van der Waals surface area contributed by atoms with E-state index in [9.17, 15) is 4.79 Å². The van der Waals surface area contributed by atoms with Gasteiger partial charge in [-0.15, -0.1) is 0 Å². The Morgan fingerprint density at radius 2 is 1.86 bits per heavy atom. The fourth-order valence-electron chi connectivity index (χ4n) is 1.34. The fourth-order valence-corrected chi connectivity index (χ4v) is 1.34. The molecular weight excluding hydrogens is 178 g/mol. The van der Waals surface area contributed by atoms with Crippen molar-refractivity contribution in [1.29, 1.82) is 0 Å². The molecule has 84 valence electrons. The second-order valence-corrected chi connectivity index (χ2v) is 3.69. The average molecular weight is 201 g/mol. The third-order valence-electron chi connectivity index (χ3n) is 2.29. The summed E-state index contributed by atoms with van der Waals surface area (Å²) in [7, 11) is 3.54. The predicted molar refractivity (Wildman–Crippen MR) is 58.3 cm³/mol. The first-order chi connectivity index (χ1) is 6.70. The molecule has 0 aliphatic rings. The molecule has 0 aliphatic carbocycles. The maximum Gasteiger partial charge on any atom is 0.305 e. The predicted octanol–water partition coefficient (Wildman–Crippen LogP) is 2.06. The van der Waals surface area contributed by atoms with E-state index >= 15 is 0 Å². The van der Waals surface area contributed by atoms with Crippen molar-refractivity contribution < 1.29 is 9.53 Å². The molecule has 0 unspecified atom stereocenters. The Morgan fingerprint density at radius 1 is 1.21 bits per heavy atom. The maximum atomic E-state index is 10.8. The molecule has 3 nitrogen and oxygen atoms in total. The number of carbonyl (C=O) groups is 1. The first-order valence-corrected chi connectivity index (χ1v) is 5.46. The molecule has 0 aromatic heterocycles. The third-order valence-corrected chi connectivity index (χ3v) is 2.29. The van der Waals surface area contributed by atoms with Crippen LogP contribution < -0.4 is 0 Å². The Labute approximate surface area is 87.4 Å². The molecule has 0 bridgehead atoms. The monoisotopic (exact) mass is 201 g/mol. The minimum Gasteiger partial charge on any atom is -0.469 e. The smallest absolute Gasteiger partial charge is 0.305 e. The molecule has 0 fully saturated rings. The Morgan fingerprint density at radius 3 is 2.43 bits per heavy atom. The summed E-state index contributed by atoms with van der Waals surface area (Å²) in [5, 5.41) is 0. The quantitative estimate of drug-likeness (QED) is 0.445. The number of nitrogens with zero attached hydrogens (tertiary/aromatic N) is 1. The number of carbonyl (C=O) groups excluding carboxylic acids is 1. The molecule has 0 rings (SSSR count). The summed E-state index contributed by atoms with van der Waals surface area (Å²) in [6, 6.07) is 0. The number of unbranched alkanes of at least 4 members (excludes halogenated alkanes) is 2. The van der Waals surface area contributed by atoms with Crippen LogP contribution in [0, 0.1) is 0 Å². The Hall–Kier alpha value is -0.570.